The van der Waals surface area contributed by atoms with Crippen LogP contribution in [0.1, 0.15) is 26.7 Å². The molecule has 0 aromatic rings. The third kappa shape index (κ3) is 4.03. The summed E-state index contributed by atoms with van der Waals surface area (Å²) in [5.74, 6) is 1.66. The van der Waals surface area contributed by atoms with Gasteiger partial charge in [0.25, 0.3) is 0 Å². The van der Waals surface area contributed by atoms with Crippen LogP contribution in [0.5, 0.6) is 0 Å². The molecule has 3 nitrogen and oxygen atoms in total. The lowest BCUT2D eigenvalue weighted by molar-refractivity contribution is -0.125. The van der Waals surface area contributed by atoms with Crippen LogP contribution in [0.2, 0.25) is 0 Å². The Hall–Kier alpha value is -0.220. The van der Waals surface area contributed by atoms with E-state index < -0.39 is 0 Å². The second-order valence-electron chi connectivity index (χ2n) is 4.47. The fourth-order valence-electron chi connectivity index (χ4n) is 1.83. The minimum Gasteiger partial charge on any atom is -0.355 e. The van der Waals surface area contributed by atoms with E-state index in [2.05, 4.69) is 5.32 Å². The molecule has 1 saturated heterocycles. The number of hydrogen-bond donors (Lipinski definition) is 2. The summed E-state index contributed by atoms with van der Waals surface area (Å²) in [4.78, 5) is 11.8. The molecule has 0 bridgehead atoms. The zero-order valence-corrected chi connectivity index (χ0v) is 10.5. The first-order valence-electron chi connectivity index (χ1n) is 5.74. The molecule has 1 aliphatic rings. The molecular weight excluding hydrogens is 208 g/mol. The van der Waals surface area contributed by atoms with Gasteiger partial charge < -0.3 is 11.1 Å². The van der Waals surface area contributed by atoms with E-state index in [0.29, 0.717) is 17.7 Å². The van der Waals surface area contributed by atoms with Crippen molar-refractivity contribution in [3.05, 3.63) is 0 Å². The van der Waals surface area contributed by atoms with E-state index in [1.165, 1.54) is 18.6 Å². The van der Waals surface area contributed by atoms with Gasteiger partial charge in [-0.2, -0.15) is 11.8 Å². The zero-order chi connectivity index (χ0) is 11.3. The maximum atomic E-state index is 11.8. The second kappa shape index (κ2) is 6.38. The van der Waals surface area contributed by atoms with Gasteiger partial charge in [0.15, 0.2) is 0 Å². The first-order chi connectivity index (χ1) is 7.15. The van der Waals surface area contributed by atoms with Gasteiger partial charge in [0.2, 0.25) is 5.91 Å². The lowest BCUT2D eigenvalue weighted by Crippen LogP contribution is -2.40. The minimum atomic E-state index is -0.0311. The Labute approximate surface area is 96.6 Å². The van der Waals surface area contributed by atoms with E-state index in [9.17, 15) is 4.79 Å². The van der Waals surface area contributed by atoms with Crippen molar-refractivity contribution in [1.82, 2.24) is 5.32 Å². The van der Waals surface area contributed by atoms with Crippen molar-refractivity contribution in [3.63, 3.8) is 0 Å². The van der Waals surface area contributed by atoms with E-state index in [4.69, 9.17) is 5.73 Å². The lowest BCUT2D eigenvalue weighted by Gasteiger charge is -2.19. The fourth-order valence-corrected chi connectivity index (χ4v) is 3.03. The molecule has 2 unspecified atom stereocenters. The molecule has 3 N–H and O–H groups in total. The van der Waals surface area contributed by atoms with Crippen LogP contribution < -0.4 is 11.1 Å². The summed E-state index contributed by atoms with van der Waals surface area (Å²) in [6, 6.07) is 0. The van der Waals surface area contributed by atoms with Crippen LogP contribution in [0, 0.1) is 11.8 Å². The quantitative estimate of drug-likeness (QED) is 0.747. The van der Waals surface area contributed by atoms with E-state index in [0.717, 1.165) is 6.54 Å². The molecular formula is C11H22N2OS. The second-order valence-corrected chi connectivity index (χ2v) is 5.87. The topological polar surface area (TPSA) is 55.1 Å². The van der Waals surface area contributed by atoms with Crippen molar-refractivity contribution >= 4 is 17.7 Å². The Balaban J connectivity index is 2.27. The van der Waals surface area contributed by atoms with Crippen molar-refractivity contribution in [2.45, 2.75) is 31.9 Å². The maximum absolute atomic E-state index is 11.8. The van der Waals surface area contributed by atoms with Crippen LogP contribution >= 0.6 is 11.8 Å². The van der Waals surface area contributed by atoms with E-state index in [1.807, 2.05) is 25.6 Å². The average Bonchev–Trinajstić information content (AvgIpc) is 2.67. The molecule has 0 saturated carbocycles. The largest absolute Gasteiger partial charge is 0.355 e. The molecule has 15 heavy (non-hydrogen) atoms. The SMILES string of the molecule is CC(C)C(CN)C(=O)NCC1CCCS1. The lowest BCUT2D eigenvalue weighted by atomic mass is 9.95. The van der Waals surface area contributed by atoms with Crippen LogP contribution in [-0.2, 0) is 4.79 Å². The first-order valence-corrected chi connectivity index (χ1v) is 6.79. The first kappa shape index (κ1) is 12.8. The van der Waals surface area contributed by atoms with Crippen LogP contribution in [0.4, 0.5) is 0 Å². The molecule has 1 aliphatic heterocycles. The number of carbonyl (C=O) groups excluding carboxylic acids is 1. The average molecular weight is 230 g/mol. The standard InChI is InChI=1S/C11H22N2OS/c1-8(2)10(6-12)11(14)13-7-9-4-3-5-15-9/h8-10H,3-7,12H2,1-2H3,(H,13,14). The van der Waals surface area contributed by atoms with Gasteiger partial charge in [-0.1, -0.05) is 13.8 Å². The van der Waals surface area contributed by atoms with Crippen molar-refractivity contribution in [3.8, 4) is 0 Å². The normalized spacial score (nSPS) is 23.1. The predicted molar refractivity (Wildman–Crippen MR) is 65.9 cm³/mol. The zero-order valence-electron chi connectivity index (χ0n) is 9.66. The molecule has 0 aliphatic carbocycles. The van der Waals surface area contributed by atoms with Gasteiger partial charge in [-0.25, -0.2) is 0 Å². The summed E-state index contributed by atoms with van der Waals surface area (Å²) < 4.78 is 0. The van der Waals surface area contributed by atoms with Crippen LogP contribution in [0.3, 0.4) is 0 Å². The van der Waals surface area contributed by atoms with Gasteiger partial charge in [-0.3, -0.25) is 4.79 Å². The number of amides is 1. The number of rotatable bonds is 5. The van der Waals surface area contributed by atoms with Crippen LogP contribution in [0.15, 0.2) is 0 Å². The Morgan fingerprint density at radius 2 is 2.33 bits per heavy atom. The summed E-state index contributed by atoms with van der Waals surface area (Å²) in [6.07, 6.45) is 2.52. The van der Waals surface area contributed by atoms with Gasteiger partial charge in [0.1, 0.15) is 0 Å². The van der Waals surface area contributed by atoms with Gasteiger partial charge in [0, 0.05) is 18.3 Å². The van der Waals surface area contributed by atoms with Gasteiger partial charge in [0.05, 0.1) is 5.92 Å². The molecule has 1 heterocycles. The maximum Gasteiger partial charge on any atom is 0.224 e. The summed E-state index contributed by atoms with van der Waals surface area (Å²) >= 11 is 1.97. The number of thioether (sulfide) groups is 1. The minimum absolute atomic E-state index is 0.0311. The van der Waals surface area contributed by atoms with Gasteiger partial charge in [-0.05, 0) is 24.5 Å². The highest BCUT2D eigenvalue weighted by atomic mass is 32.2. The Kier molecular flexibility index (Phi) is 5.47. The third-order valence-corrected chi connectivity index (χ3v) is 4.32. The number of nitrogens with one attached hydrogen (secondary N) is 1. The van der Waals surface area contributed by atoms with Crippen molar-refractivity contribution < 1.29 is 4.79 Å². The molecule has 1 fully saturated rings. The molecule has 88 valence electrons. The van der Waals surface area contributed by atoms with Gasteiger partial charge >= 0.3 is 0 Å². The molecule has 2 atom stereocenters. The highest BCUT2D eigenvalue weighted by molar-refractivity contribution is 8.00. The van der Waals surface area contributed by atoms with E-state index >= 15 is 0 Å². The smallest absolute Gasteiger partial charge is 0.224 e. The summed E-state index contributed by atoms with van der Waals surface area (Å²) in [6.45, 7) is 5.34. The molecule has 1 rings (SSSR count). The van der Waals surface area contributed by atoms with Crippen LogP contribution in [0.25, 0.3) is 0 Å². The van der Waals surface area contributed by atoms with Crippen molar-refractivity contribution in [2.75, 3.05) is 18.8 Å². The Bertz CT molecular complexity index is 203. The monoisotopic (exact) mass is 230 g/mol. The summed E-state index contributed by atoms with van der Waals surface area (Å²) in [5.41, 5.74) is 5.59. The number of hydrogen-bond acceptors (Lipinski definition) is 3. The molecule has 0 aromatic carbocycles. The highest BCUT2D eigenvalue weighted by Gasteiger charge is 2.22. The van der Waals surface area contributed by atoms with E-state index in [1.54, 1.807) is 0 Å². The van der Waals surface area contributed by atoms with Gasteiger partial charge in [-0.15, -0.1) is 0 Å². The van der Waals surface area contributed by atoms with Crippen LogP contribution in [-0.4, -0.2) is 30.0 Å². The predicted octanol–water partition coefficient (Wildman–Crippen LogP) is 1.23. The Morgan fingerprint density at radius 3 is 2.80 bits per heavy atom. The molecule has 4 heteroatoms. The number of nitrogens with two attached hydrogens (primary N) is 1. The molecule has 1 amide bonds. The number of carbonyl (C=O) groups is 1. The van der Waals surface area contributed by atoms with Crippen molar-refractivity contribution in [1.29, 1.82) is 0 Å². The molecule has 0 radical (unpaired) electrons. The highest BCUT2D eigenvalue weighted by Crippen LogP contribution is 2.25. The summed E-state index contributed by atoms with van der Waals surface area (Å²) in [5, 5.41) is 3.64. The third-order valence-electron chi connectivity index (χ3n) is 2.92. The molecule has 0 spiro atoms. The van der Waals surface area contributed by atoms with E-state index in [-0.39, 0.29) is 11.8 Å². The van der Waals surface area contributed by atoms with Crippen molar-refractivity contribution in [2.24, 2.45) is 17.6 Å². The summed E-state index contributed by atoms with van der Waals surface area (Å²) in [7, 11) is 0. The Morgan fingerprint density at radius 1 is 1.60 bits per heavy atom. The molecule has 0 aromatic heterocycles. The fraction of sp³-hybridized carbons (Fsp3) is 0.909.